The predicted molar refractivity (Wildman–Crippen MR) is 91.8 cm³/mol. The topological polar surface area (TPSA) is 127 Å². The van der Waals surface area contributed by atoms with Crippen molar-refractivity contribution in [1.29, 1.82) is 0 Å². The lowest BCUT2D eigenvalue weighted by atomic mass is 10.1. The molecule has 0 saturated carbocycles. The standard InChI is InChI=1S/C15H13ClN2O6S/c1-8-4-3-5-11(15(19)20)14(8)17-25(23,24)10-6-12(16)9(2)13(7-10)18(21)22/h3-7,17H,1-2H3,(H,19,20). The molecule has 0 heterocycles. The van der Waals surface area contributed by atoms with Gasteiger partial charge in [-0.15, -0.1) is 0 Å². The summed E-state index contributed by atoms with van der Waals surface area (Å²) in [6.07, 6.45) is 0. The summed E-state index contributed by atoms with van der Waals surface area (Å²) in [4.78, 5) is 21.2. The van der Waals surface area contributed by atoms with Crippen LogP contribution in [0.25, 0.3) is 0 Å². The number of nitrogens with zero attached hydrogens (tertiary/aromatic N) is 1. The summed E-state index contributed by atoms with van der Waals surface area (Å²) in [5.74, 6) is -1.31. The van der Waals surface area contributed by atoms with E-state index in [1.54, 1.807) is 0 Å². The van der Waals surface area contributed by atoms with Crippen LogP contribution in [0.3, 0.4) is 0 Å². The number of hydrogen-bond donors (Lipinski definition) is 2. The van der Waals surface area contributed by atoms with Crippen LogP contribution in [0, 0.1) is 24.0 Å². The van der Waals surface area contributed by atoms with Crippen LogP contribution in [0.1, 0.15) is 21.5 Å². The van der Waals surface area contributed by atoms with E-state index in [2.05, 4.69) is 4.72 Å². The summed E-state index contributed by atoms with van der Waals surface area (Å²) in [6.45, 7) is 2.93. The molecule has 0 amide bonds. The summed E-state index contributed by atoms with van der Waals surface area (Å²) in [7, 11) is -4.29. The third kappa shape index (κ3) is 3.72. The van der Waals surface area contributed by atoms with Gasteiger partial charge in [0.2, 0.25) is 0 Å². The zero-order valence-electron chi connectivity index (χ0n) is 13.1. The molecule has 0 atom stereocenters. The van der Waals surface area contributed by atoms with E-state index in [4.69, 9.17) is 11.6 Å². The van der Waals surface area contributed by atoms with Crippen molar-refractivity contribution in [2.24, 2.45) is 0 Å². The zero-order valence-corrected chi connectivity index (χ0v) is 14.7. The number of nitro groups is 1. The number of hydrogen-bond acceptors (Lipinski definition) is 5. The van der Waals surface area contributed by atoms with Crippen molar-refractivity contribution in [1.82, 2.24) is 0 Å². The fourth-order valence-electron chi connectivity index (χ4n) is 2.16. The van der Waals surface area contributed by atoms with E-state index in [1.165, 1.54) is 32.0 Å². The Morgan fingerprint density at radius 1 is 1.28 bits per heavy atom. The van der Waals surface area contributed by atoms with Crippen LogP contribution in [-0.2, 0) is 10.0 Å². The molecule has 0 saturated heterocycles. The fourth-order valence-corrected chi connectivity index (χ4v) is 3.64. The van der Waals surface area contributed by atoms with Gasteiger partial charge in [0.15, 0.2) is 0 Å². The molecule has 0 aliphatic heterocycles. The fraction of sp³-hybridized carbons (Fsp3) is 0.133. The van der Waals surface area contributed by atoms with Crippen molar-refractivity contribution in [3.63, 3.8) is 0 Å². The van der Waals surface area contributed by atoms with Crippen molar-refractivity contribution in [2.75, 3.05) is 4.72 Å². The van der Waals surface area contributed by atoms with Gasteiger partial charge in [0.1, 0.15) is 0 Å². The van der Waals surface area contributed by atoms with Gasteiger partial charge < -0.3 is 5.11 Å². The summed E-state index contributed by atoms with van der Waals surface area (Å²) in [6, 6.07) is 6.21. The molecular formula is C15H13ClN2O6S. The number of benzene rings is 2. The van der Waals surface area contributed by atoms with Gasteiger partial charge in [-0.2, -0.15) is 0 Å². The Bertz CT molecular complexity index is 988. The van der Waals surface area contributed by atoms with Crippen LogP contribution >= 0.6 is 11.6 Å². The van der Waals surface area contributed by atoms with Crippen molar-refractivity contribution in [3.8, 4) is 0 Å². The second kappa shape index (κ2) is 6.69. The van der Waals surface area contributed by atoms with Gasteiger partial charge in [-0.05, 0) is 31.5 Å². The second-order valence-electron chi connectivity index (χ2n) is 5.21. The smallest absolute Gasteiger partial charge is 0.337 e. The number of nitro benzene ring substituents is 1. The first-order valence-electron chi connectivity index (χ1n) is 6.85. The van der Waals surface area contributed by atoms with Crippen LogP contribution in [0.5, 0.6) is 0 Å². The lowest BCUT2D eigenvalue weighted by Crippen LogP contribution is -2.17. The molecule has 0 aromatic heterocycles. The van der Waals surface area contributed by atoms with E-state index in [-0.39, 0.29) is 21.8 Å². The number of carboxylic acid groups (broad SMARTS) is 1. The van der Waals surface area contributed by atoms with Crippen LogP contribution in [0.4, 0.5) is 11.4 Å². The average Bonchev–Trinajstić information content (AvgIpc) is 2.50. The van der Waals surface area contributed by atoms with Crippen molar-refractivity contribution in [2.45, 2.75) is 18.7 Å². The minimum atomic E-state index is -4.29. The molecule has 0 aliphatic carbocycles. The van der Waals surface area contributed by atoms with Gasteiger partial charge in [0.05, 0.1) is 26.1 Å². The highest BCUT2D eigenvalue weighted by atomic mass is 35.5. The maximum atomic E-state index is 12.6. The molecule has 0 unspecified atom stereocenters. The Morgan fingerprint density at radius 2 is 1.92 bits per heavy atom. The number of sulfonamides is 1. The number of aromatic carboxylic acids is 1. The monoisotopic (exact) mass is 384 g/mol. The first kappa shape index (κ1) is 18.7. The van der Waals surface area contributed by atoms with Crippen molar-refractivity contribution in [3.05, 3.63) is 62.2 Å². The number of nitrogens with one attached hydrogen (secondary N) is 1. The van der Waals surface area contributed by atoms with Gasteiger partial charge in [-0.25, -0.2) is 13.2 Å². The van der Waals surface area contributed by atoms with E-state index >= 15 is 0 Å². The molecule has 0 aliphatic rings. The molecule has 0 bridgehead atoms. The number of carbonyl (C=O) groups is 1. The molecule has 25 heavy (non-hydrogen) atoms. The van der Waals surface area contributed by atoms with Crippen molar-refractivity contribution < 1.29 is 23.2 Å². The highest BCUT2D eigenvalue weighted by molar-refractivity contribution is 7.92. The maximum absolute atomic E-state index is 12.6. The normalized spacial score (nSPS) is 11.2. The largest absolute Gasteiger partial charge is 0.478 e. The summed E-state index contributed by atoms with van der Waals surface area (Å²) >= 11 is 5.89. The zero-order chi connectivity index (χ0) is 18.9. The molecule has 132 valence electrons. The lowest BCUT2D eigenvalue weighted by Gasteiger charge is -2.14. The number of halogens is 1. The predicted octanol–water partition coefficient (Wildman–Crippen LogP) is 3.36. The van der Waals surface area contributed by atoms with Gasteiger partial charge in [-0.3, -0.25) is 14.8 Å². The first-order chi connectivity index (χ1) is 11.5. The summed E-state index contributed by atoms with van der Waals surface area (Å²) in [5, 5.41) is 20.2. The van der Waals surface area contributed by atoms with Crippen molar-refractivity contribution >= 4 is 39.0 Å². The Labute approximate surface area is 148 Å². The van der Waals surface area contributed by atoms with Crippen LogP contribution < -0.4 is 4.72 Å². The van der Waals surface area contributed by atoms with E-state index in [9.17, 15) is 28.4 Å². The summed E-state index contributed by atoms with van der Waals surface area (Å²) < 4.78 is 27.3. The Hall–Kier alpha value is -2.65. The minimum absolute atomic E-state index is 0.0854. The van der Waals surface area contributed by atoms with Gasteiger partial charge in [-0.1, -0.05) is 23.7 Å². The minimum Gasteiger partial charge on any atom is -0.478 e. The van der Waals surface area contributed by atoms with E-state index in [0.717, 1.165) is 12.1 Å². The highest BCUT2D eigenvalue weighted by Gasteiger charge is 2.24. The Balaban J connectivity index is 2.59. The number of aryl methyl sites for hydroxylation is 1. The third-order valence-electron chi connectivity index (χ3n) is 3.54. The molecule has 8 nitrogen and oxygen atoms in total. The molecule has 0 fully saturated rings. The summed E-state index contributed by atoms with van der Waals surface area (Å²) in [5.41, 5.74) is -0.286. The third-order valence-corrected chi connectivity index (χ3v) is 5.26. The molecule has 2 N–H and O–H groups in total. The van der Waals surface area contributed by atoms with Gasteiger partial charge in [0.25, 0.3) is 15.7 Å². The van der Waals surface area contributed by atoms with E-state index in [0.29, 0.717) is 5.56 Å². The van der Waals surface area contributed by atoms with E-state index < -0.39 is 31.5 Å². The number of carboxylic acids is 1. The number of para-hydroxylation sites is 1. The molecule has 2 aromatic carbocycles. The second-order valence-corrected chi connectivity index (χ2v) is 7.30. The van der Waals surface area contributed by atoms with Crippen LogP contribution in [0.15, 0.2) is 35.2 Å². The first-order valence-corrected chi connectivity index (χ1v) is 8.71. The number of rotatable bonds is 5. The van der Waals surface area contributed by atoms with Gasteiger partial charge >= 0.3 is 5.97 Å². The molecule has 2 rings (SSSR count). The van der Waals surface area contributed by atoms with Crippen LogP contribution in [0.2, 0.25) is 5.02 Å². The molecule has 0 spiro atoms. The highest BCUT2D eigenvalue weighted by Crippen LogP contribution is 2.31. The SMILES string of the molecule is Cc1cccc(C(=O)O)c1NS(=O)(=O)c1cc(Cl)c(C)c([N+](=O)[O-])c1. The Morgan fingerprint density at radius 3 is 2.48 bits per heavy atom. The van der Waals surface area contributed by atoms with Crippen LogP contribution in [-0.4, -0.2) is 24.4 Å². The number of anilines is 1. The van der Waals surface area contributed by atoms with E-state index in [1.807, 2.05) is 0 Å². The quantitative estimate of drug-likeness (QED) is 0.601. The Kier molecular flexibility index (Phi) is 5.00. The molecule has 10 heteroatoms. The molecular weight excluding hydrogens is 372 g/mol. The molecule has 0 radical (unpaired) electrons. The lowest BCUT2D eigenvalue weighted by molar-refractivity contribution is -0.385. The average molecular weight is 385 g/mol. The van der Waals surface area contributed by atoms with Gasteiger partial charge in [0, 0.05) is 11.6 Å². The maximum Gasteiger partial charge on any atom is 0.337 e. The molecule has 2 aromatic rings.